The van der Waals surface area contributed by atoms with Crippen LogP contribution in [0.4, 0.5) is 0 Å². The molecule has 17 heavy (non-hydrogen) atoms. The van der Waals surface area contributed by atoms with Crippen molar-refractivity contribution in [3.8, 4) is 0 Å². The van der Waals surface area contributed by atoms with Crippen LogP contribution in [0.5, 0.6) is 0 Å². The van der Waals surface area contributed by atoms with E-state index in [2.05, 4.69) is 27.8 Å². The predicted molar refractivity (Wildman–Crippen MR) is 72.6 cm³/mol. The summed E-state index contributed by atoms with van der Waals surface area (Å²) in [5.41, 5.74) is 0.00107. The van der Waals surface area contributed by atoms with E-state index in [9.17, 15) is 5.11 Å². The Morgan fingerprint density at radius 3 is 2.47 bits per heavy atom. The average molecular weight is 298 g/mol. The van der Waals surface area contributed by atoms with Gasteiger partial charge in [0.25, 0.3) is 0 Å². The summed E-state index contributed by atoms with van der Waals surface area (Å²) >= 11 is 3.37. The molecule has 0 aliphatic heterocycles. The second-order valence-corrected chi connectivity index (χ2v) is 6.38. The molecule has 0 aromatic carbocycles. The van der Waals surface area contributed by atoms with Gasteiger partial charge in [-0.25, -0.2) is 0 Å². The first-order valence-corrected chi connectivity index (χ1v) is 7.14. The molecular formula is C14H20BrNO. The summed E-state index contributed by atoms with van der Waals surface area (Å²) in [5.74, 6) is 1.15. The number of rotatable bonds is 2. The van der Waals surface area contributed by atoms with E-state index in [1.165, 1.54) is 12.8 Å². The van der Waals surface area contributed by atoms with E-state index in [0.29, 0.717) is 5.92 Å². The minimum absolute atomic E-state index is 0.340. The summed E-state index contributed by atoms with van der Waals surface area (Å²) in [7, 11) is 0. The zero-order valence-corrected chi connectivity index (χ0v) is 12.1. The maximum atomic E-state index is 10.7. The highest BCUT2D eigenvalue weighted by Gasteiger charge is 2.36. The molecule has 94 valence electrons. The van der Waals surface area contributed by atoms with Crippen LogP contribution in [0.15, 0.2) is 22.8 Å². The molecule has 1 saturated carbocycles. The lowest BCUT2D eigenvalue weighted by molar-refractivity contribution is -0.0300. The van der Waals surface area contributed by atoms with Crippen LogP contribution >= 0.6 is 15.9 Å². The molecule has 1 fully saturated rings. The summed E-state index contributed by atoms with van der Waals surface area (Å²) in [6.45, 7) is 4.20. The fourth-order valence-corrected chi connectivity index (χ4v) is 2.94. The topological polar surface area (TPSA) is 33.1 Å². The Morgan fingerprint density at radius 2 is 1.94 bits per heavy atom. The molecule has 1 atom stereocenters. The summed E-state index contributed by atoms with van der Waals surface area (Å²) in [6.07, 6.45) is 6.40. The first kappa shape index (κ1) is 13.0. The van der Waals surface area contributed by atoms with E-state index in [-0.39, 0.29) is 0 Å². The first-order chi connectivity index (χ1) is 8.00. The average Bonchev–Trinajstić information content (AvgIpc) is 2.30. The van der Waals surface area contributed by atoms with E-state index in [0.717, 1.165) is 28.9 Å². The molecule has 1 aliphatic rings. The van der Waals surface area contributed by atoms with Crippen LogP contribution in [-0.2, 0) is 5.60 Å². The number of hydrogen-bond acceptors (Lipinski definition) is 2. The Balaban J connectivity index is 2.15. The van der Waals surface area contributed by atoms with Gasteiger partial charge < -0.3 is 5.11 Å². The van der Waals surface area contributed by atoms with Crippen molar-refractivity contribution < 1.29 is 5.11 Å². The number of aliphatic hydroxyl groups is 1. The van der Waals surface area contributed by atoms with Crippen LogP contribution in [0.1, 0.15) is 45.2 Å². The Hall–Kier alpha value is -0.410. The van der Waals surface area contributed by atoms with Crippen molar-refractivity contribution in [2.75, 3.05) is 0 Å². The molecule has 1 aromatic heterocycles. The van der Waals surface area contributed by atoms with Crippen molar-refractivity contribution >= 4 is 15.9 Å². The van der Waals surface area contributed by atoms with Crippen molar-refractivity contribution in [3.63, 3.8) is 0 Å². The fraction of sp³-hybridized carbons (Fsp3) is 0.643. The van der Waals surface area contributed by atoms with Gasteiger partial charge in [-0.15, -0.1) is 0 Å². The monoisotopic (exact) mass is 297 g/mol. The minimum Gasteiger partial charge on any atom is -0.384 e. The van der Waals surface area contributed by atoms with Gasteiger partial charge in [-0.2, -0.15) is 0 Å². The summed E-state index contributed by atoms with van der Waals surface area (Å²) in [4.78, 5) is 4.35. The molecule has 0 amide bonds. The molecule has 1 aromatic rings. The van der Waals surface area contributed by atoms with Crippen molar-refractivity contribution in [2.45, 2.75) is 45.1 Å². The maximum absolute atomic E-state index is 10.7. The quantitative estimate of drug-likeness (QED) is 0.899. The number of nitrogens with zero attached hydrogens (tertiary/aromatic N) is 1. The SMILES string of the molecule is CC1CCC(C(C)(O)c2ccc(Br)cn2)CC1. The van der Waals surface area contributed by atoms with Crippen LogP contribution in [0.2, 0.25) is 0 Å². The van der Waals surface area contributed by atoms with Crippen LogP contribution in [0.3, 0.4) is 0 Å². The van der Waals surface area contributed by atoms with Crippen molar-refractivity contribution in [3.05, 3.63) is 28.5 Å². The summed E-state index contributed by atoms with van der Waals surface area (Å²) in [6, 6.07) is 3.87. The van der Waals surface area contributed by atoms with Gasteiger partial charge >= 0.3 is 0 Å². The van der Waals surface area contributed by atoms with Gasteiger partial charge in [0.15, 0.2) is 0 Å². The number of halogens is 1. The lowest BCUT2D eigenvalue weighted by Gasteiger charge is -2.37. The van der Waals surface area contributed by atoms with E-state index >= 15 is 0 Å². The van der Waals surface area contributed by atoms with E-state index in [1.54, 1.807) is 6.20 Å². The highest BCUT2D eigenvalue weighted by molar-refractivity contribution is 9.10. The van der Waals surface area contributed by atoms with Crippen molar-refractivity contribution in [2.24, 2.45) is 11.8 Å². The third-order valence-electron chi connectivity index (χ3n) is 4.06. The molecule has 1 N–H and O–H groups in total. The molecule has 1 aliphatic carbocycles. The minimum atomic E-state index is -0.791. The Morgan fingerprint density at radius 1 is 1.29 bits per heavy atom. The molecule has 0 bridgehead atoms. The second-order valence-electron chi connectivity index (χ2n) is 5.47. The fourth-order valence-electron chi connectivity index (χ4n) is 2.71. The zero-order valence-electron chi connectivity index (χ0n) is 10.5. The zero-order chi connectivity index (χ0) is 12.5. The lowest BCUT2D eigenvalue weighted by Crippen LogP contribution is -2.35. The maximum Gasteiger partial charge on any atom is 0.106 e. The molecule has 1 heterocycles. The Bertz CT molecular complexity index is 366. The normalized spacial score (nSPS) is 28.7. The van der Waals surface area contributed by atoms with Gasteiger partial charge in [0.05, 0.1) is 5.69 Å². The van der Waals surface area contributed by atoms with Crippen LogP contribution < -0.4 is 0 Å². The summed E-state index contributed by atoms with van der Waals surface area (Å²) in [5, 5.41) is 10.7. The van der Waals surface area contributed by atoms with Crippen molar-refractivity contribution in [1.29, 1.82) is 0 Å². The second kappa shape index (κ2) is 5.07. The Kier molecular flexibility index (Phi) is 3.88. The first-order valence-electron chi connectivity index (χ1n) is 6.34. The van der Waals surface area contributed by atoms with Gasteiger partial charge in [0.1, 0.15) is 5.60 Å². The van der Waals surface area contributed by atoms with Crippen molar-refractivity contribution in [1.82, 2.24) is 4.98 Å². The standard InChI is InChI=1S/C14H20BrNO/c1-10-3-5-11(6-4-10)14(2,17)13-8-7-12(15)9-16-13/h7-11,17H,3-6H2,1-2H3. The van der Waals surface area contributed by atoms with Crippen LogP contribution in [0.25, 0.3) is 0 Å². The highest BCUT2D eigenvalue weighted by Crippen LogP contribution is 2.40. The highest BCUT2D eigenvalue weighted by atomic mass is 79.9. The largest absolute Gasteiger partial charge is 0.384 e. The smallest absolute Gasteiger partial charge is 0.106 e. The third-order valence-corrected chi connectivity index (χ3v) is 4.53. The predicted octanol–water partition coefficient (Wildman–Crippen LogP) is 3.88. The third kappa shape index (κ3) is 2.89. The molecule has 2 rings (SSSR count). The van der Waals surface area contributed by atoms with E-state index in [1.807, 2.05) is 19.1 Å². The Labute approximate surface area is 112 Å². The van der Waals surface area contributed by atoms with Crippen LogP contribution in [0, 0.1) is 11.8 Å². The van der Waals surface area contributed by atoms with Gasteiger partial charge in [-0.1, -0.05) is 19.8 Å². The number of hydrogen-bond donors (Lipinski definition) is 1. The number of aromatic nitrogens is 1. The molecule has 3 heteroatoms. The van der Waals surface area contributed by atoms with E-state index < -0.39 is 5.60 Å². The van der Waals surface area contributed by atoms with Gasteiger partial charge in [0.2, 0.25) is 0 Å². The van der Waals surface area contributed by atoms with Crippen LogP contribution in [-0.4, -0.2) is 10.1 Å². The molecule has 2 nitrogen and oxygen atoms in total. The van der Waals surface area contributed by atoms with Gasteiger partial charge in [0, 0.05) is 10.7 Å². The molecular weight excluding hydrogens is 278 g/mol. The number of pyridine rings is 1. The molecule has 0 radical (unpaired) electrons. The lowest BCUT2D eigenvalue weighted by atomic mass is 9.73. The molecule has 0 saturated heterocycles. The summed E-state index contributed by atoms with van der Waals surface area (Å²) < 4.78 is 0.953. The van der Waals surface area contributed by atoms with Gasteiger partial charge in [-0.05, 0) is 59.7 Å². The van der Waals surface area contributed by atoms with Gasteiger partial charge in [-0.3, -0.25) is 4.98 Å². The van der Waals surface area contributed by atoms with E-state index in [4.69, 9.17) is 0 Å². The molecule has 0 spiro atoms. The molecule has 1 unspecified atom stereocenters.